The zero-order valence-corrected chi connectivity index (χ0v) is 14.9. The van der Waals surface area contributed by atoms with Crippen molar-refractivity contribution in [2.45, 2.75) is 19.9 Å². The first-order valence-corrected chi connectivity index (χ1v) is 7.72. The molecule has 0 spiro atoms. The van der Waals surface area contributed by atoms with Gasteiger partial charge in [-0.3, -0.25) is 4.79 Å². The van der Waals surface area contributed by atoms with E-state index < -0.39 is 0 Å². The van der Waals surface area contributed by atoms with Gasteiger partial charge in [0.05, 0.1) is 12.6 Å². The molecule has 1 rings (SSSR count). The van der Waals surface area contributed by atoms with Crippen molar-refractivity contribution in [1.82, 2.24) is 10.3 Å². The SMILES string of the molecule is COC[C@@H](NC(=O)c1cc(I)nc(I)c1)C(C)C. The van der Waals surface area contributed by atoms with Gasteiger partial charge in [0.25, 0.3) is 5.91 Å². The smallest absolute Gasteiger partial charge is 0.251 e. The molecule has 0 radical (unpaired) electrons. The molecule has 6 heteroatoms. The van der Waals surface area contributed by atoms with Gasteiger partial charge in [-0.15, -0.1) is 0 Å². The second kappa shape index (κ2) is 7.59. The lowest BCUT2D eigenvalue weighted by molar-refractivity contribution is 0.0866. The third-order valence-electron chi connectivity index (χ3n) is 2.49. The second-order valence-electron chi connectivity index (χ2n) is 4.28. The standard InChI is InChI=1S/C12H16I2N2O2/c1-7(2)9(6-18-3)15-12(17)8-4-10(13)16-11(14)5-8/h4-5,7,9H,6H2,1-3H3,(H,15,17)/t9-/m1/s1. The van der Waals surface area contributed by atoms with E-state index in [1.807, 2.05) is 0 Å². The predicted octanol–water partition coefficient (Wildman–Crippen LogP) is 2.69. The molecule has 4 nitrogen and oxygen atoms in total. The molecule has 0 aliphatic heterocycles. The Bertz CT molecular complexity index is 404. The lowest BCUT2D eigenvalue weighted by atomic mass is 10.0. The fraction of sp³-hybridized carbons (Fsp3) is 0.500. The number of halogens is 2. The molecule has 0 unspecified atom stereocenters. The Balaban J connectivity index is 2.80. The molecule has 0 aliphatic carbocycles. The molecule has 0 saturated carbocycles. The van der Waals surface area contributed by atoms with Crippen LogP contribution in [0.3, 0.4) is 0 Å². The Labute approximate surface area is 135 Å². The van der Waals surface area contributed by atoms with Crippen LogP contribution >= 0.6 is 45.2 Å². The first-order valence-electron chi connectivity index (χ1n) is 5.57. The van der Waals surface area contributed by atoms with Gasteiger partial charge in [-0.2, -0.15) is 0 Å². The largest absolute Gasteiger partial charge is 0.383 e. The summed E-state index contributed by atoms with van der Waals surface area (Å²) in [5, 5.41) is 2.99. The van der Waals surface area contributed by atoms with Gasteiger partial charge in [-0.05, 0) is 63.2 Å². The fourth-order valence-corrected chi connectivity index (χ4v) is 3.08. The van der Waals surface area contributed by atoms with Crippen LogP contribution in [-0.2, 0) is 4.74 Å². The third-order valence-corrected chi connectivity index (χ3v) is 3.60. The quantitative estimate of drug-likeness (QED) is 0.528. The number of aromatic nitrogens is 1. The molecule has 0 aromatic carbocycles. The lowest BCUT2D eigenvalue weighted by Gasteiger charge is -2.21. The van der Waals surface area contributed by atoms with E-state index >= 15 is 0 Å². The summed E-state index contributed by atoms with van der Waals surface area (Å²) in [5.74, 6) is 0.248. The highest BCUT2D eigenvalue weighted by Gasteiger charge is 2.17. The average molecular weight is 474 g/mol. The number of nitrogens with one attached hydrogen (secondary N) is 1. The topological polar surface area (TPSA) is 51.2 Å². The number of hydrogen-bond donors (Lipinski definition) is 1. The van der Waals surface area contributed by atoms with E-state index in [4.69, 9.17) is 4.74 Å². The number of amides is 1. The zero-order chi connectivity index (χ0) is 13.7. The van der Waals surface area contributed by atoms with E-state index in [0.717, 1.165) is 7.40 Å². The van der Waals surface area contributed by atoms with Gasteiger partial charge < -0.3 is 10.1 Å². The van der Waals surface area contributed by atoms with Gasteiger partial charge in [-0.1, -0.05) is 13.8 Å². The predicted molar refractivity (Wildman–Crippen MR) is 87.6 cm³/mol. The maximum atomic E-state index is 12.1. The molecule has 1 aromatic rings. The van der Waals surface area contributed by atoms with Crippen LogP contribution in [0, 0.1) is 13.3 Å². The first-order chi connectivity index (χ1) is 8.43. The van der Waals surface area contributed by atoms with Gasteiger partial charge in [0.2, 0.25) is 0 Å². The lowest BCUT2D eigenvalue weighted by Crippen LogP contribution is -2.41. The zero-order valence-electron chi connectivity index (χ0n) is 10.5. The number of carbonyl (C=O) groups excluding carboxylic acids is 1. The highest BCUT2D eigenvalue weighted by atomic mass is 127. The summed E-state index contributed by atoms with van der Waals surface area (Å²) < 4.78 is 6.75. The first kappa shape index (κ1) is 16.1. The molecule has 1 heterocycles. The molecule has 0 aliphatic rings. The van der Waals surface area contributed by atoms with Crippen molar-refractivity contribution < 1.29 is 9.53 Å². The molecule has 18 heavy (non-hydrogen) atoms. The van der Waals surface area contributed by atoms with Crippen molar-refractivity contribution in [1.29, 1.82) is 0 Å². The number of nitrogens with zero attached hydrogens (tertiary/aromatic N) is 1. The number of ether oxygens (including phenoxy) is 1. The molecule has 0 saturated heterocycles. The number of rotatable bonds is 5. The van der Waals surface area contributed by atoms with E-state index in [-0.39, 0.29) is 11.9 Å². The Morgan fingerprint density at radius 1 is 1.39 bits per heavy atom. The van der Waals surface area contributed by atoms with Crippen molar-refractivity contribution in [3.05, 3.63) is 25.1 Å². The summed E-state index contributed by atoms with van der Waals surface area (Å²) in [4.78, 5) is 16.4. The summed E-state index contributed by atoms with van der Waals surface area (Å²) in [6.07, 6.45) is 0. The van der Waals surface area contributed by atoms with Crippen LogP contribution in [0.1, 0.15) is 24.2 Å². The minimum absolute atomic E-state index is 0.0194. The van der Waals surface area contributed by atoms with Gasteiger partial charge in [0.15, 0.2) is 0 Å². The molecular weight excluding hydrogens is 458 g/mol. The summed E-state index contributed by atoms with van der Waals surface area (Å²) in [7, 11) is 1.64. The fourth-order valence-electron chi connectivity index (χ4n) is 1.43. The average Bonchev–Trinajstić information content (AvgIpc) is 2.26. The van der Waals surface area contributed by atoms with E-state index in [0.29, 0.717) is 18.1 Å². The van der Waals surface area contributed by atoms with Crippen molar-refractivity contribution in [3.63, 3.8) is 0 Å². The van der Waals surface area contributed by atoms with Crippen molar-refractivity contribution in [3.8, 4) is 0 Å². The Kier molecular flexibility index (Phi) is 6.78. The maximum absolute atomic E-state index is 12.1. The molecule has 1 amide bonds. The van der Waals surface area contributed by atoms with Gasteiger partial charge in [0, 0.05) is 12.7 Å². The summed E-state index contributed by atoms with van der Waals surface area (Å²) in [6, 6.07) is 3.58. The van der Waals surface area contributed by atoms with E-state index in [2.05, 4.69) is 69.3 Å². The van der Waals surface area contributed by atoms with Crippen LogP contribution in [0.15, 0.2) is 12.1 Å². The number of carbonyl (C=O) groups is 1. The number of pyridine rings is 1. The van der Waals surface area contributed by atoms with Crippen LogP contribution in [-0.4, -0.2) is 30.6 Å². The third kappa shape index (κ3) is 4.96. The van der Waals surface area contributed by atoms with Crippen LogP contribution in [0.25, 0.3) is 0 Å². The number of hydrogen-bond acceptors (Lipinski definition) is 3. The molecule has 1 atom stereocenters. The minimum atomic E-state index is -0.0796. The van der Waals surface area contributed by atoms with Gasteiger partial charge >= 0.3 is 0 Å². The maximum Gasteiger partial charge on any atom is 0.251 e. The van der Waals surface area contributed by atoms with Gasteiger partial charge in [-0.25, -0.2) is 4.98 Å². The van der Waals surface area contributed by atoms with Crippen LogP contribution in [0.2, 0.25) is 0 Å². The van der Waals surface area contributed by atoms with E-state index in [1.54, 1.807) is 19.2 Å². The normalized spacial score (nSPS) is 12.6. The monoisotopic (exact) mass is 474 g/mol. The van der Waals surface area contributed by atoms with Gasteiger partial charge in [0.1, 0.15) is 7.40 Å². The molecule has 100 valence electrons. The minimum Gasteiger partial charge on any atom is -0.383 e. The van der Waals surface area contributed by atoms with Crippen LogP contribution in [0.5, 0.6) is 0 Å². The Morgan fingerprint density at radius 2 is 1.94 bits per heavy atom. The molecule has 0 bridgehead atoms. The van der Waals surface area contributed by atoms with Crippen LogP contribution in [0.4, 0.5) is 0 Å². The summed E-state index contributed by atoms with van der Waals surface area (Å²) in [5.41, 5.74) is 0.639. The van der Waals surface area contributed by atoms with Crippen LogP contribution < -0.4 is 5.32 Å². The van der Waals surface area contributed by atoms with E-state index in [9.17, 15) is 4.79 Å². The summed E-state index contributed by atoms with van der Waals surface area (Å²) in [6.45, 7) is 4.64. The highest BCUT2D eigenvalue weighted by molar-refractivity contribution is 14.1. The molecule has 1 aromatic heterocycles. The van der Waals surface area contributed by atoms with Crippen molar-refractivity contribution in [2.24, 2.45) is 5.92 Å². The highest BCUT2D eigenvalue weighted by Crippen LogP contribution is 2.11. The molecular formula is C12H16I2N2O2. The van der Waals surface area contributed by atoms with Crippen molar-refractivity contribution in [2.75, 3.05) is 13.7 Å². The molecule has 1 N–H and O–H groups in total. The van der Waals surface area contributed by atoms with E-state index in [1.165, 1.54) is 0 Å². The number of methoxy groups -OCH3 is 1. The van der Waals surface area contributed by atoms with Crippen molar-refractivity contribution >= 4 is 51.1 Å². The second-order valence-corrected chi connectivity index (χ2v) is 6.49. The Hall–Kier alpha value is 0.0400. The molecule has 0 fully saturated rings. The summed E-state index contributed by atoms with van der Waals surface area (Å²) >= 11 is 4.22. The Morgan fingerprint density at radius 3 is 2.39 bits per heavy atom.